The predicted molar refractivity (Wildman–Crippen MR) is 33.7 cm³/mol. The topological polar surface area (TPSA) is 35.5 Å². The summed E-state index contributed by atoms with van der Waals surface area (Å²) < 4.78 is 10.6. The molecule has 0 aromatic heterocycles. The third kappa shape index (κ3) is 0.954. The van der Waals surface area contributed by atoms with E-state index in [1.54, 1.807) is 0 Å². The predicted octanol–water partition coefficient (Wildman–Crippen LogP) is 0.133. The lowest BCUT2D eigenvalue weighted by Gasteiger charge is -2.23. The fourth-order valence-electron chi connectivity index (χ4n) is 1.36. The van der Waals surface area contributed by atoms with Crippen molar-refractivity contribution in [2.24, 2.45) is 0 Å². The van der Waals surface area contributed by atoms with Crippen molar-refractivity contribution in [3.05, 3.63) is 0 Å². The zero-order valence-corrected chi connectivity index (χ0v) is 5.71. The molecule has 2 bridgehead atoms. The van der Waals surface area contributed by atoms with E-state index in [-0.39, 0.29) is 18.0 Å². The number of ether oxygens (including phenoxy) is 2. The maximum atomic E-state index is 11.1. The molecule has 3 aliphatic heterocycles. The molecule has 3 heterocycles. The average molecular weight is 142 g/mol. The Bertz CT molecular complexity index is 147. The fraction of sp³-hybridized carbons (Fsp3) is 0.857. The second-order valence-electron chi connectivity index (χ2n) is 2.78. The Morgan fingerprint density at radius 1 is 1.30 bits per heavy atom. The van der Waals surface area contributed by atoms with Crippen molar-refractivity contribution in [3.8, 4) is 0 Å². The van der Waals surface area contributed by atoms with E-state index in [0.29, 0.717) is 19.6 Å². The molecule has 56 valence electrons. The summed E-state index contributed by atoms with van der Waals surface area (Å²) in [4.78, 5) is 11.1. The summed E-state index contributed by atoms with van der Waals surface area (Å²) in [6.45, 7) is 1.08. The van der Waals surface area contributed by atoms with Gasteiger partial charge in [-0.3, -0.25) is 4.79 Å². The minimum absolute atomic E-state index is 0.183. The summed E-state index contributed by atoms with van der Waals surface area (Å²) in [5.41, 5.74) is 0. The Kier molecular flexibility index (Phi) is 1.47. The molecule has 3 fully saturated rings. The molecule has 3 heteroatoms. The van der Waals surface area contributed by atoms with Gasteiger partial charge in [0.2, 0.25) is 0 Å². The minimum Gasteiger partial charge on any atom is -0.373 e. The van der Waals surface area contributed by atoms with Gasteiger partial charge in [-0.25, -0.2) is 0 Å². The lowest BCUT2D eigenvalue weighted by molar-refractivity contribution is -0.147. The van der Waals surface area contributed by atoms with E-state index in [1.165, 1.54) is 0 Å². The first-order chi connectivity index (χ1) is 4.86. The first-order valence-corrected chi connectivity index (χ1v) is 3.62. The second-order valence-corrected chi connectivity index (χ2v) is 2.78. The number of ketones is 1. The molecule has 0 N–H and O–H groups in total. The van der Waals surface area contributed by atoms with Crippen LogP contribution in [0.5, 0.6) is 0 Å². The Balaban J connectivity index is 2.14. The van der Waals surface area contributed by atoms with Crippen molar-refractivity contribution in [1.82, 2.24) is 0 Å². The highest BCUT2D eigenvalue weighted by Gasteiger charge is 2.31. The normalized spacial score (nSPS) is 39.8. The third-order valence-electron chi connectivity index (χ3n) is 2.04. The third-order valence-corrected chi connectivity index (χ3v) is 2.04. The van der Waals surface area contributed by atoms with Crippen LogP contribution in [0.4, 0.5) is 0 Å². The van der Waals surface area contributed by atoms with Gasteiger partial charge < -0.3 is 9.47 Å². The van der Waals surface area contributed by atoms with Gasteiger partial charge in [0, 0.05) is 6.42 Å². The Morgan fingerprint density at radius 3 is 2.90 bits per heavy atom. The van der Waals surface area contributed by atoms with Gasteiger partial charge in [0.05, 0.1) is 19.3 Å². The quantitative estimate of drug-likeness (QED) is 0.482. The smallest absolute Gasteiger partial charge is 0.164 e. The number of hydrogen-bond acceptors (Lipinski definition) is 3. The van der Waals surface area contributed by atoms with E-state index in [0.717, 1.165) is 6.42 Å². The largest absolute Gasteiger partial charge is 0.373 e. The molecule has 3 nitrogen and oxygen atoms in total. The van der Waals surface area contributed by atoms with Gasteiger partial charge in [-0.1, -0.05) is 0 Å². The van der Waals surface area contributed by atoms with Crippen LogP contribution in [0.15, 0.2) is 0 Å². The summed E-state index contributed by atoms with van der Waals surface area (Å²) >= 11 is 0. The number of rotatable bonds is 0. The van der Waals surface area contributed by atoms with E-state index in [2.05, 4.69) is 0 Å². The number of carbonyl (C=O) groups excluding carboxylic acids is 1. The highest BCUT2D eigenvalue weighted by Crippen LogP contribution is 2.19. The van der Waals surface area contributed by atoms with Crippen LogP contribution in [-0.4, -0.2) is 31.2 Å². The first kappa shape index (κ1) is 6.31. The van der Waals surface area contributed by atoms with Gasteiger partial charge in [0.1, 0.15) is 6.10 Å². The van der Waals surface area contributed by atoms with Crippen LogP contribution in [0.3, 0.4) is 0 Å². The molecule has 2 atom stereocenters. The number of fused-ring (bicyclic) bond motifs is 4. The van der Waals surface area contributed by atoms with Gasteiger partial charge in [-0.15, -0.1) is 0 Å². The minimum atomic E-state index is -0.251. The molecule has 0 aromatic carbocycles. The second kappa shape index (κ2) is 2.32. The molecule has 0 radical (unpaired) electrons. The maximum Gasteiger partial charge on any atom is 0.164 e. The van der Waals surface area contributed by atoms with Crippen LogP contribution in [0.25, 0.3) is 0 Å². The Labute approximate surface area is 59.3 Å². The van der Waals surface area contributed by atoms with E-state index in [9.17, 15) is 4.79 Å². The highest BCUT2D eigenvalue weighted by atomic mass is 16.6. The van der Waals surface area contributed by atoms with E-state index >= 15 is 0 Å². The molecular formula is C7H10O3. The van der Waals surface area contributed by atoms with Crippen LogP contribution in [0.2, 0.25) is 0 Å². The summed E-state index contributed by atoms with van der Waals surface area (Å²) in [6, 6.07) is 0. The highest BCUT2D eigenvalue weighted by molar-refractivity contribution is 5.83. The Morgan fingerprint density at radius 2 is 2.20 bits per heavy atom. The molecule has 3 aliphatic rings. The molecule has 0 aromatic rings. The molecule has 0 saturated carbocycles. The maximum absolute atomic E-state index is 11.1. The molecule has 3 saturated heterocycles. The summed E-state index contributed by atoms with van der Waals surface area (Å²) in [6.07, 6.45) is 1.41. The van der Waals surface area contributed by atoms with Gasteiger partial charge in [0.25, 0.3) is 0 Å². The van der Waals surface area contributed by atoms with E-state index in [4.69, 9.17) is 9.47 Å². The molecule has 3 rings (SSSR count). The van der Waals surface area contributed by atoms with Crippen LogP contribution in [0, 0.1) is 0 Å². The zero-order chi connectivity index (χ0) is 6.97. The van der Waals surface area contributed by atoms with Crippen molar-refractivity contribution in [1.29, 1.82) is 0 Å². The van der Waals surface area contributed by atoms with Gasteiger partial charge in [0.15, 0.2) is 5.78 Å². The summed E-state index contributed by atoms with van der Waals surface area (Å²) in [5, 5.41) is 0. The molecule has 0 spiro atoms. The lowest BCUT2D eigenvalue weighted by Crippen LogP contribution is -2.35. The summed E-state index contributed by atoms with van der Waals surface area (Å²) in [7, 11) is 0. The Hall–Kier alpha value is -0.410. The van der Waals surface area contributed by atoms with Crippen LogP contribution < -0.4 is 0 Å². The lowest BCUT2D eigenvalue weighted by atomic mass is 10.1. The van der Waals surface area contributed by atoms with Crippen molar-refractivity contribution in [2.75, 3.05) is 13.2 Å². The average Bonchev–Trinajstić information content (AvgIpc) is 2.24. The molecule has 0 aliphatic carbocycles. The van der Waals surface area contributed by atoms with Gasteiger partial charge >= 0.3 is 0 Å². The first-order valence-electron chi connectivity index (χ1n) is 3.62. The van der Waals surface area contributed by atoms with Crippen LogP contribution in [0.1, 0.15) is 12.8 Å². The number of hydrogen-bond donors (Lipinski definition) is 0. The molecular weight excluding hydrogens is 132 g/mol. The van der Waals surface area contributed by atoms with Crippen molar-refractivity contribution >= 4 is 5.78 Å². The molecule has 10 heavy (non-hydrogen) atoms. The van der Waals surface area contributed by atoms with Crippen LogP contribution >= 0.6 is 0 Å². The van der Waals surface area contributed by atoms with Crippen LogP contribution in [-0.2, 0) is 14.3 Å². The monoisotopic (exact) mass is 142 g/mol. The van der Waals surface area contributed by atoms with Gasteiger partial charge in [-0.05, 0) is 6.42 Å². The standard InChI is InChI=1S/C7H10O3/c8-6-2-1-5-3-10-7(6)4-9-5/h5,7H,1-4H2/t5-,7+/m0/s1. The van der Waals surface area contributed by atoms with Crippen molar-refractivity contribution in [2.45, 2.75) is 25.0 Å². The number of Topliss-reactive ketones (excluding diaryl/α,β-unsaturated/α-hetero) is 1. The van der Waals surface area contributed by atoms with Crippen molar-refractivity contribution in [3.63, 3.8) is 0 Å². The SMILES string of the molecule is O=C1CC[C@H]2CO[C@@H]1CO2. The zero-order valence-electron chi connectivity index (χ0n) is 5.71. The molecule has 0 amide bonds. The van der Waals surface area contributed by atoms with E-state index < -0.39 is 0 Å². The summed E-state index contributed by atoms with van der Waals surface area (Å²) in [5.74, 6) is 0.208. The van der Waals surface area contributed by atoms with E-state index in [1.807, 2.05) is 0 Å². The van der Waals surface area contributed by atoms with Gasteiger partial charge in [-0.2, -0.15) is 0 Å². The van der Waals surface area contributed by atoms with Crippen molar-refractivity contribution < 1.29 is 14.3 Å². The molecule has 0 unspecified atom stereocenters. The number of carbonyl (C=O) groups is 1. The fourth-order valence-corrected chi connectivity index (χ4v) is 1.36.